The zero-order valence-corrected chi connectivity index (χ0v) is 10.5. The van der Waals surface area contributed by atoms with Crippen LogP contribution in [-0.2, 0) is 0 Å². The average Bonchev–Trinajstić information content (AvgIpc) is 2.00. The molecule has 0 aliphatic rings. The van der Waals surface area contributed by atoms with E-state index in [2.05, 4.69) is 53.5 Å². The highest BCUT2D eigenvalue weighted by Crippen LogP contribution is 2.16. The van der Waals surface area contributed by atoms with Gasteiger partial charge in [-0.15, -0.1) is 0 Å². The minimum Gasteiger partial charge on any atom is -0.301 e. The Balaban J connectivity index is 4.01. The van der Waals surface area contributed by atoms with Crippen molar-refractivity contribution in [2.75, 3.05) is 7.05 Å². The zero-order chi connectivity index (χ0) is 10.6. The molecule has 13 heavy (non-hydrogen) atoms. The molecule has 2 atom stereocenters. The second-order valence-electron chi connectivity index (χ2n) is 5.13. The normalized spacial score (nSPS) is 17.1. The molecule has 1 heteroatoms. The van der Waals surface area contributed by atoms with Gasteiger partial charge in [-0.25, -0.2) is 0 Å². The monoisotopic (exact) mass is 185 g/mol. The lowest BCUT2D eigenvalue weighted by Crippen LogP contribution is -2.40. The summed E-state index contributed by atoms with van der Waals surface area (Å²) >= 11 is 0. The number of nitrogens with zero attached hydrogens (tertiary/aromatic N) is 1. The van der Waals surface area contributed by atoms with E-state index < -0.39 is 0 Å². The highest BCUT2D eigenvalue weighted by Gasteiger charge is 2.18. The second-order valence-corrected chi connectivity index (χ2v) is 5.13. The first-order valence-corrected chi connectivity index (χ1v) is 5.58. The van der Waals surface area contributed by atoms with E-state index >= 15 is 0 Å². The van der Waals surface area contributed by atoms with E-state index in [1.807, 2.05) is 0 Å². The molecule has 1 nitrogen and oxygen atoms in total. The maximum Gasteiger partial charge on any atom is 0.00896 e. The summed E-state index contributed by atoms with van der Waals surface area (Å²) in [6.07, 6.45) is 1.30. The maximum atomic E-state index is 2.50. The third-order valence-electron chi connectivity index (χ3n) is 3.11. The summed E-state index contributed by atoms with van der Waals surface area (Å²) in [5.74, 6) is 1.55. The lowest BCUT2D eigenvalue weighted by molar-refractivity contribution is 0.142. The fraction of sp³-hybridized carbons (Fsp3) is 1.00. The molecule has 0 amide bonds. The molecule has 0 radical (unpaired) electrons. The fourth-order valence-electron chi connectivity index (χ4n) is 1.72. The number of rotatable bonds is 5. The summed E-state index contributed by atoms with van der Waals surface area (Å²) in [6.45, 7) is 13.8. The topological polar surface area (TPSA) is 3.24 Å². The smallest absolute Gasteiger partial charge is 0.00896 e. The Morgan fingerprint density at radius 1 is 0.923 bits per heavy atom. The van der Waals surface area contributed by atoms with Crippen molar-refractivity contribution in [1.82, 2.24) is 4.90 Å². The first kappa shape index (κ1) is 13.0. The van der Waals surface area contributed by atoms with Gasteiger partial charge in [0.15, 0.2) is 0 Å². The van der Waals surface area contributed by atoms with Crippen molar-refractivity contribution >= 4 is 0 Å². The third-order valence-corrected chi connectivity index (χ3v) is 3.11. The van der Waals surface area contributed by atoms with Gasteiger partial charge in [0.1, 0.15) is 0 Å². The molecule has 0 heterocycles. The van der Waals surface area contributed by atoms with Gasteiger partial charge < -0.3 is 4.90 Å². The Bertz CT molecular complexity index is 129. The van der Waals surface area contributed by atoms with Gasteiger partial charge in [-0.05, 0) is 39.2 Å². The molecular weight excluding hydrogens is 158 g/mol. The number of hydrogen-bond donors (Lipinski definition) is 0. The predicted molar refractivity (Wildman–Crippen MR) is 61.0 cm³/mol. The van der Waals surface area contributed by atoms with Crippen molar-refractivity contribution in [2.45, 2.75) is 60.0 Å². The minimum atomic E-state index is 0.689. The Morgan fingerprint density at radius 3 is 1.69 bits per heavy atom. The maximum absolute atomic E-state index is 2.50. The first-order chi connectivity index (χ1) is 5.86. The fourth-order valence-corrected chi connectivity index (χ4v) is 1.72. The summed E-state index contributed by atoms with van der Waals surface area (Å²) in [5, 5.41) is 0. The molecule has 80 valence electrons. The van der Waals surface area contributed by atoms with Crippen LogP contribution >= 0.6 is 0 Å². The van der Waals surface area contributed by atoms with E-state index in [1.54, 1.807) is 0 Å². The van der Waals surface area contributed by atoms with Gasteiger partial charge in [0.2, 0.25) is 0 Å². The molecule has 0 bridgehead atoms. The first-order valence-electron chi connectivity index (χ1n) is 5.58. The van der Waals surface area contributed by atoms with Crippen molar-refractivity contribution in [3.63, 3.8) is 0 Å². The van der Waals surface area contributed by atoms with E-state index in [1.165, 1.54) is 6.42 Å². The van der Waals surface area contributed by atoms with E-state index in [4.69, 9.17) is 0 Å². The SMILES string of the molecule is CC(C)C[C@@H](C)N(C)[C@@H](C)C(C)C. The average molecular weight is 185 g/mol. The van der Waals surface area contributed by atoms with Gasteiger partial charge in [-0.2, -0.15) is 0 Å². The van der Waals surface area contributed by atoms with Crippen LogP contribution in [0.5, 0.6) is 0 Å². The Labute approximate surface area is 84.5 Å². The second kappa shape index (κ2) is 5.64. The third kappa shape index (κ3) is 4.66. The summed E-state index contributed by atoms with van der Waals surface area (Å²) < 4.78 is 0. The van der Waals surface area contributed by atoms with Crippen LogP contribution in [0.4, 0.5) is 0 Å². The van der Waals surface area contributed by atoms with Crippen molar-refractivity contribution < 1.29 is 0 Å². The predicted octanol–water partition coefficient (Wildman–Crippen LogP) is 3.40. The van der Waals surface area contributed by atoms with Gasteiger partial charge in [0, 0.05) is 12.1 Å². The van der Waals surface area contributed by atoms with Crippen LogP contribution in [-0.4, -0.2) is 24.0 Å². The van der Waals surface area contributed by atoms with Crippen LogP contribution in [0.15, 0.2) is 0 Å². The van der Waals surface area contributed by atoms with Gasteiger partial charge in [-0.3, -0.25) is 0 Å². The summed E-state index contributed by atoms with van der Waals surface area (Å²) in [6, 6.07) is 1.39. The molecule has 0 N–H and O–H groups in total. The van der Waals surface area contributed by atoms with E-state index in [-0.39, 0.29) is 0 Å². The van der Waals surface area contributed by atoms with Gasteiger partial charge in [0.05, 0.1) is 0 Å². The lowest BCUT2D eigenvalue weighted by atomic mass is 9.99. The van der Waals surface area contributed by atoms with Crippen LogP contribution in [0.1, 0.15) is 48.0 Å². The van der Waals surface area contributed by atoms with Crippen molar-refractivity contribution in [1.29, 1.82) is 0 Å². The quantitative estimate of drug-likeness (QED) is 0.634. The van der Waals surface area contributed by atoms with Crippen LogP contribution in [0.3, 0.4) is 0 Å². The van der Waals surface area contributed by atoms with Crippen LogP contribution in [0.25, 0.3) is 0 Å². The molecule has 0 aromatic rings. The van der Waals surface area contributed by atoms with Crippen LogP contribution < -0.4 is 0 Å². The molecule has 0 unspecified atom stereocenters. The minimum absolute atomic E-state index is 0.689. The Kier molecular flexibility index (Phi) is 5.62. The molecule has 0 aliphatic heterocycles. The van der Waals surface area contributed by atoms with E-state index in [0.717, 1.165) is 11.8 Å². The van der Waals surface area contributed by atoms with E-state index in [0.29, 0.717) is 12.1 Å². The molecule has 0 spiro atoms. The van der Waals surface area contributed by atoms with Gasteiger partial charge >= 0.3 is 0 Å². The Morgan fingerprint density at radius 2 is 1.38 bits per heavy atom. The highest BCUT2D eigenvalue weighted by atomic mass is 15.2. The standard InChI is InChI=1S/C12H27N/c1-9(2)8-11(5)13(7)12(6)10(3)4/h9-12H,8H2,1-7H3/t11-,12+/m1/s1. The van der Waals surface area contributed by atoms with Crippen LogP contribution in [0.2, 0.25) is 0 Å². The van der Waals surface area contributed by atoms with Gasteiger partial charge in [-0.1, -0.05) is 27.7 Å². The van der Waals surface area contributed by atoms with Crippen molar-refractivity contribution in [3.8, 4) is 0 Å². The molecule has 0 aromatic carbocycles. The zero-order valence-electron chi connectivity index (χ0n) is 10.5. The van der Waals surface area contributed by atoms with Gasteiger partial charge in [0.25, 0.3) is 0 Å². The Hall–Kier alpha value is -0.0400. The molecule has 0 saturated carbocycles. The molecular formula is C12H27N. The largest absolute Gasteiger partial charge is 0.301 e. The lowest BCUT2D eigenvalue weighted by Gasteiger charge is -2.34. The van der Waals surface area contributed by atoms with E-state index in [9.17, 15) is 0 Å². The highest BCUT2D eigenvalue weighted by molar-refractivity contribution is 4.73. The summed E-state index contributed by atoms with van der Waals surface area (Å²) in [4.78, 5) is 2.50. The molecule has 0 aromatic heterocycles. The molecule has 0 fully saturated rings. The molecule has 0 rings (SSSR count). The van der Waals surface area contributed by atoms with Crippen molar-refractivity contribution in [2.24, 2.45) is 11.8 Å². The van der Waals surface area contributed by atoms with Crippen LogP contribution in [0, 0.1) is 11.8 Å². The number of hydrogen-bond acceptors (Lipinski definition) is 1. The van der Waals surface area contributed by atoms with Crippen molar-refractivity contribution in [3.05, 3.63) is 0 Å². The molecule has 0 saturated heterocycles. The summed E-state index contributed by atoms with van der Waals surface area (Å²) in [5.41, 5.74) is 0. The summed E-state index contributed by atoms with van der Waals surface area (Å²) in [7, 11) is 2.25. The molecule has 0 aliphatic carbocycles.